The van der Waals surface area contributed by atoms with Crippen LogP contribution in [0.5, 0.6) is 0 Å². The van der Waals surface area contributed by atoms with Gasteiger partial charge in [0.15, 0.2) is 11.6 Å². The summed E-state index contributed by atoms with van der Waals surface area (Å²) in [6.45, 7) is 7.91. The smallest absolute Gasteiger partial charge is 0.159 e. The lowest BCUT2D eigenvalue weighted by molar-refractivity contribution is 0.506. The maximum atomic E-state index is 13.0. The fourth-order valence-corrected chi connectivity index (χ4v) is 1.48. The average Bonchev–Trinajstić information content (AvgIpc) is 2.22. The van der Waals surface area contributed by atoms with E-state index in [2.05, 4.69) is 6.58 Å². The van der Waals surface area contributed by atoms with Gasteiger partial charge >= 0.3 is 0 Å². The van der Waals surface area contributed by atoms with Gasteiger partial charge in [-0.05, 0) is 30.0 Å². The van der Waals surface area contributed by atoms with Crippen LogP contribution in [0, 0.1) is 17.6 Å². The molecule has 0 bridgehead atoms. The fourth-order valence-electron chi connectivity index (χ4n) is 1.48. The van der Waals surface area contributed by atoms with E-state index in [1.54, 1.807) is 6.07 Å². The van der Waals surface area contributed by atoms with Gasteiger partial charge in [-0.2, -0.15) is 0 Å². The molecule has 0 aliphatic carbocycles. The van der Waals surface area contributed by atoms with Crippen LogP contribution in [-0.4, -0.2) is 6.04 Å². The van der Waals surface area contributed by atoms with Crippen molar-refractivity contribution in [3.05, 3.63) is 47.5 Å². The van der Waals surface area contributed by atoms with E-state index >= 15 is 0 Å². The van der Waals surface area contributed by atoms with Gasteiger partial charge in [0.1, 0.15) is 0 Å². The molecule has 0 saturated carbocycles. The van der Waals surface area contributed by atoms with Crippen LogP contribution in [0.15, 0.2) is 30.4 Å². The minimum atomic E-state index is -0.833. The maximum absolute atomic E-state index is 13.0. The van der Waals surface area contributed by atoms with Crippen LogP contribution in [0.1, 0.15) is 19.4 Å². The third-order valence-electron chi connectivity index (χ3n) is 2.66. The third-order valence-corrected chi connectivity index (χ3v) is 2.66. The second-order valence-electron chi connectivity index (χ2n) is 4.29. The molecule has 1 atom stereocenters. The maximum Gasteiger partial charge on any atom is 0.159 e. The van der Waals surface area contributed by atoms with Crippen LogP contribution in [0.3, 0.4) is 0 Å². The third kappa shape index (κ3) is 3.14. The second-order valence-corrected chi connectivity index (χ2v) is 4.29. The Balaban J connectivity index is 2.73. The molecule has 16 heavy (non-hydrogen) atoms. The molecule has 0 radical (unpaired) electrons. The molecule has 1 rings (SSSR count). The highest BCUT2D eigenvalue weighted by atomic mass is 19.2. The van der Waals surface area contributed by atoms with Gasteiger partial charge in [0.05, 0.1) is 0 Å². The SMILES string of the molecule is C=C(C(C)C)[C@H](N)Cc1ccc(F)c(F)c1. The predicted octanol–water partition coefficient (Wildman–Crippen LogP) is 3.05. The molecule has 3 heteroatoms. The second kappa shape index (κ2) is 5.21. The van der Waals surface area contributed by atoms with Crippen molar-refractivity contribution in [1.82, 2.24) is 0 Å². The van der Waals surface area contributed by atoms with Crippen LogP contribution in [0.2, 0.25) is 0 Å². The van der Waals surface area contributed by atoms with E-state index in [1.807, 2.05) is 13.8 Å². The van der Waals surface area contributed by atoms with Gasteiger partial charge in [-0.25, -0.2) is 8.78 Å². The van der Waals surface area contributed by atoms with Crippen LogP contribution in [-0.2, 0) is 6.42 Å². The summed E-state index contributed by atoms with van der Waals surface area (Å²) in [5.41, 5.74) is 7.53. The van der Waals surface area contributed by atoms with E-state index in [4.69, 9.17) is 5.73 Å². The average molecular weight is 225 g/mol. The van der Waals surface area contributed by atoms with Crippen LogP contribution >= 0.6 is 0 Å². The van der Waals surface area contributed by atoms with Crippen molar-refractivity contribution in [2.24, 2.45) is 11.7 Å². The molecule has 0 spiro atoms. The van der Waals surface area contributed by atoms with E-state index in [0.29, 0.717) is 17.9 Å². The predicted molar refractivity (Wildman–Crippen MR) is 62.0 cm³/mol. The standard InChI is InChI=1S/C13H17F2N/c1-8(2)9(3)13(16)7-10-4-5-11(14)12(15)6-10/h4-6,8,13H,3,7,16H2,1-2H3/t13-/m1/s1. The zero-order chi connectivity index (χ0) is 12.3. The summed E-state index contributed by atoms with van der Waals surface area (Å²) in [6, 6.07) is 3.63. The Hall–Kier alpha value is -1.22. The Morgan fingerprint density at radius 1 is 1.31 bits per heavy atom. The van der Waals surface area contributed by atoms with E-state index in [-0.39, 0.29) is 6.04 Å². The minimum Gasteiger partial charge on any atom is -0.324 e. The highest BCUT2D eigenvalue weighted by Gasteiger charge is 2.12. The van der Waals surface area contributed by atoms with Crippen molar-refractivity contribution >= 4 is 0 Å². The molecule has 0 aromatic heterocycles. The zero-order valence-electron chi connectivity index (χ0n) is 9.63. The summed E-state index contributed by atoms with van der Waals surface area (Å²) in [6.07, 6.45) is 0.480. The molecule has 0 saturated heterocycles. The summed E-state index contributed by atoms with van der Waals surface area (Å²) < 4.78 is 25.7. The number of hydrogen-bond donors (Lipinski definition) is 1. The van der Waals surface area contributed by atoms with Gasteiger partial charge < -0.3 is 5.73 Å². The summed E-state index contributed by atoms with van der Waals surface area (Å²) in [7, 11) is 0. The molecular weight excluding hydrogens is 208 g/mol. The minimum absolute atomic E-state index is 0.218. The van der Waals surface area contributed by atoms with E-state index in [9.17, 15) is 8.78 Å². The van der Waals surface area contributed by atoms with E-state index in [0.717, 1.165) is 11.6 Å². The first-order valence-corrected chi connectivity index (χ1v) is 5.30. The molecule has 1 aromatic rings. The van der Waals surface area contributed by atoms with Crippen LogP contribution in [0.25, 0.3) is 0 Å². The molecule has 1 nitrogen and oxygen atoms in total. The molecule has 0 aliphatic rings. The molecular formula is C13H17F2N. The Morgan fingerprint density at radius 3 is 2.44 bits per heavy atom. The van der Waals surface area contributed by atoms with Crippen molar-refractivity contribution < 1.29 is 8.78 Å². The van der Waals surface area contributed by atoms with Crippen LogP contribution in [0.4, 0.5) is 8.78 Å². The van der Waals surface area contributed by atoms with Gasteiger partial charge in [-0.15, -0.1) is 0 Å². The molecule has 0 aliphatic heterocycles. The van der Waals surface area contributed by atoms with Crippen molar-refractivity contribution in [3.8, 4) is 0 Å². The molecule has 2 N–H and O–H groups in total. The first kappa shape index (κ1) is 12.8. The van der Waals surface area contributed by atoms with Gasteiger partial charge in [0.25, 0.3) is 0 Å². The molecule has 1 aromatic carbocycles. The van der Waals surface area contributed by atoms with Crippen molar-refractivity contribution in [1.29, 1.82) is 0 Å². The Labute approximate surface area is 95.0 Å². The quantitative estimate of drug-likeness (QED) is 0.783. The largest absolute Gasteiger partial charge is 0.324 e. The van der Waals surface area contributed by atoms with Gasteiger partial charge in [-0.3, -0.25) is 0 Å². The summed E-state index contributed by atoms with van der Waals surface area (Å²) in [4.78, 5) is 0. The first-order valence-electron chi connectivity index (χ1n) is 5.30. The normalized spacial score (nSPS) is 12.9. The number of hydrogen-bond acceptors (Lipinski definition) is 1. The highest BCUT2D eigenvalue weighted by Crippen LogP contribution is 2.16. The Bertz CT molecular complexity index is 386. The summed E-state index contributed by atoms with van der Waals surface area (Å²) in [5.74, 6) is -1.37. The van der Waals surface area contributed by atoms with Gasteiger partial charge in [0, 0.05) is 6.04 Å². The number of rotatable bonds is 4. The molecule has 0 heterocycles. The number of nitrogens with two attached hydrogens (primary N) is 1. The lowest BCUT2D eigenvalue weighted by Crippen LogP contribution is -2.27. The molecule has 0 amide bonds. The fraction of sp³-hybridized carbons (Fsp3) is 0.385. The topological polar surface area (TPSA) is 26.0 Å². The van der Waals surface area contributed by atoms with E-state index < -0.39 is 11.6 Å². The highest BCUT2D eigenvalue weighted by molar-refractivity contribution is 5.21. The number of halogens is 2. The lowest BCUT2D eigenvalue weighted by atomic mass is 9.93. The summed E-state index contributed by atoms with van der Waals surface area (Å²) in [5, 5.41) is 0. The number of benzene rings is 1. The Kier molecular flexibility index (Phi) is 4.19. The molecule has 0 unspecified atom stereocenters. The zero-order valence-corrected chi connectivity index (χ0v) is 9.63. The monoisotopic (exact) mass is 225 g/mol. The first-order chi connectivity index (χ1) is 7.41. The van der Waals surface area contributed by atoms with Crippen molar-refractivity contribution in [2.45, 2.75) is 26.3 Å². The van der Waals surface area contributed by atoms with E-state index in [1.165, 1.54) is 6.07 Å². The Morgan fingerprint density at radius 2 is 1.94 bits per heavy atom. The van der Waals surface area contributed by atoms with Crippen LogP contribution < -0.4 is 5.73 Å². The molecule has 88 valence electrons. The lowest BCUT2D eigenvalue weighted by Gasteiger charge is -2.18. The summed E-state index contributed by atoms with van der Waals surface area (Å²) >= 11 is 0. The van der Waals surface area contributed by atoms with Crippen molar-refractivity contribution in [3.63, 3.8) is 0 Å². The van der Waals surface area contributed by atoms with Gasteiger partial charge in [-0.1, -0.05) is 32.1 Å². The van der Waals surface area contributed by atoms with Gasteiger partial charge in [0.2, 0.25) is 0 Å². The molecule has 0 fully saturated rings. The van der Waals surface area contributed by atoms with Crippen molar-refractivity contribution in [2.75, 3.05) is 0 Å².